The van der Waals surface area contributed by atoms with Crippen LogP contribution in [-0.2, 0) is 0 Å². The predicted octanol–water partition coefficient (Wildman–Crippen LogP) is 4.34. The molecular weight excluding hydrogens is 474 g/mol. The van der Waals surface area contributed by atoms with Gasteiger partial charge in [0.15, 0.2) is 0 Å². The van der Waals surface area contributed by atoms with Crippen molar-refractivity contribution in [3.63, 3.8) is 0 Å². The average molecular weight is 511 g/mol. The van der Waals surface area contributed by atoms with Gasteiger partial charge in [-0.1, -0.05) is 78.6 Å². The fourth-order valence-electron chi connectivity index (χ4n) is 0. The van der Waals surface area contributed by atoms with E-state index in [0.29, 0.717) is 0 Å². The van der Waals surface area contributed by atoms with E-state index in [2.05, 4.69) is 78.6 Å². The zero-order chi connectivity index (χ0) is 16.3. The minimum atomic E-state index is 0. The molecule has 7 heteroatoms. The SMILES string of the molecule is C[Si](C)C.C[Si](C)C.C[Si](C)C.C[Si](C)C.[Ge].[Ge]=[Ge]. The molecule has 0 bridgehead atoms. The van der Waals surface area contributed by atoms with Crippen LogP contribution < -0.4 is 0 Å². The molecule has 0 aliphatic carbocycles. The molecular formula is C12H36Ge3Si4. The van der Waals surface area contributed by atoms with Gasteiger partial charge in [0.2, 0.25) is 0 Å². The van der Waals surface area contributed by atoms with Crippen LogP contribution in [0.4, 0.5) is 0 Å². The average Bonchev–Trinajstić information content (AvgIpc) is 2.01. The van der Waals surface area contributed by atoms with E-state index in [1.165, 1.54) is 0 Å². The first-order chi connectivity index (χ1) is 7.93. The summed E-state index contributed by atoms with van der Waals surface area (Å²) < 4.78 is 0. The van der Waals surface area contributed by atoms with E-state index in [1.54, 1.807) is 0 Å². The van der Waals surface area contributed by atoms with Gasteiger partial charge in [0, 0.05) is 52.8 Å². The Morgan fingerprint density at radius 2 is 0.368 bits per heavy atom. The van der Waals surface area contributed by atoms with E-state index < -0.39 is 0 Å². The number of rotatable bonds is 0. The molecule has 0 nitrogen and oxygen atoms in total. The van der Waals surface area contributed by atoms with E-state index in [9.17, 15) is 0 Å². The van der Waals surface area contributed by atoms with Crippen molar-refractivity contribution in [2.75, 3.05) is 0 Å². The number of hydrogen-bond donors (Lipinski definition) is 0. The molecule has 0 amide bonds. The summed E-state index contributed by atoms with van der Waals surface area (Å²) in [6.07, 6.45) is 0. The second-order valence-electron chi connectivity index (χ2n) is 6.00. The van der Waals surface area contributed by atoms with Crippen LogP contribution in [0, 0.1) is 0 Å². The van der Waals surface area contributed by atoms with Crippen molar-refractivity contribution in [1.29, 1.82) is 0 Å². The van der Waals surface area contributed by atoms with Gasteiger partial charge in [0.1, 0.15) is 0 Å². The first-order valence-corrected chi connectivity index (χ1v) is 24.8. The Hall–Kier alpha value is 2.50. The van der Waals surface area contributed by atoms with Crippen LogP contribution in [0.5, 0.6) is 0 Å². The molecule has 0 saturated heterocycles. The van der Waals surface area contributed by atoms with Crippen LogP contribution in [0.2, 0.25) is 78.6 Å². The van der Waals surface area contributed by atoms with Crippen LogP contribution in [0.1, 0.15) is 0 Å². The molecule has 0 aliphatic heterocycles. The first kappa shape index (κ1) is 37.6. The molecule has 0 rings (SSSR count). The summed E-state index contributed by atoms with van der Waals surface area (Å²) in [6, 6.07) is 0. The van der Waals surface area contributed by atoms with Gasteiger partial charge in [-0.2, -0.15) is 0 Å². The van der Waals surface area contributed by atoms with Crippen molar-refractivity contribution in [2.24, 2.45) is 0 Å². The van der Waals surface area contributed by atoms with Crippen molar-refractivity contribution in [3.8, 4) is 0 Å². The Kier molecular flexibility index (Phi) is 73.4. The standard InChI is InChI=1S/4C3H9Si.Ge2.Ge/c4*1-4(2)3;1-2;/h4*1-3H3;;. The van der Waals surface area contributed by atoms with Crippen molar-refractivity contribution in [2.45, 2.75) is 78.6 Å². The second-order valence-corrected chi connectivity index (χ2v) is 18.0. The predicted molar refractivity (Wildman–Crippen MR) is 111 cm³/mol. The van der Waals surface area contributed by atoms with Gasteiger partial charge in [-0.3, -0.25) is 0 Å². The normalized spacial score (nSPS) is 7.79. The Labute approximate surface area is 158 Å². The van der Waals surface area contributed by atoms with Crippen molar-refractivity contribution in [3.05, 3.63) is 0 Å². The molecule has 0 aromatic heterocycles. The first-order valence-electron chi connectivity index (χ1n) is 6.25. The van der Waals surface area contributed by atoms with Gasteiger partial charge in [0.05, 0.1) is 0 Å². The molecule has 0 fully saturated rings. The molecule has 0 spiro atoms. The molecule has 0 aromatic rings. The summed E-state index contributed by atoms with van der Waals surface area (Å²) in [5.41, 5.74) is 0. The third-order valence-corrected chi connectivity index (χ3v) is 0. The maximum absolute atomic E-state index is 2.27. The summed E-state index contributed by atoms with van der Waals surface area (Å²) in [6.45, 7) is 27.2. The minimum absolute atomic E-state index is 0. The molecule has 12 radical (unpaired) electrons. The molecule has 0 aliphatic rings. The van der Waals surface area contributed by atoms with Crippen LogP contribution in [0.25, 0.3) is 0 Å². The topological polar surface area (TPSA) is 0 Å². The Balaban J connectivity index is -0.0000000279. The third-order valence-electron chi connectivity index (χ3n) is 0. The van der Waals surface area contributed by atoms with Gasteiger partial charge < -0.3 is 0 Å². The van der Waals surface area contributed by atoms with E-state index in [0.717, 1.165) is 0 Å². The van der Waals surface area contributed by atoms with Crippen molar-refractivity contribution in [1.82, 2.24) is 0 Å². The molecule has 0 aromatic carbocycles. The van der Waals surface area contributed by atoms with Crippen molar-refractivity contribution < 1.29 is 0 Å². The zero-order valence-electron chi connectivity index (χ0n) is 15.5. The Morgan fingerprint density at radius 1 is 0.368 bits per heavy atom. The second kappa shape index (κ2) is 37.1. The molecule has 0 heterocycles. The summed E-state index contributed by atoms with van der Waals surface area (Å²) >= 11 is 4.00. The molecule has 112 valence electrons. The van der Waals surface area contributed by atoms with Crippen LogP contribution in [0.3, 0.4) is 0 Å². The van der Waals surface area contributed by atoms with Gasteiger partial charge in [-0.05, 0) is 0 Å². The number of hydrogen-bond acceptors (Lipinski definition) is 0. The van der Waals surface area contributed by atoms with Crippen LogP contribution >= 0.6 is 0 Å². The monoisotopic (exact) mass is 514 g/mol. The van der Waals surface area contributed by atoms with Crippen LogP contribution in [-0.4, -0.2) is 80.8 Å². The van der Waals surface area contributed by atoms with E-state index in [1.807, 2.05) is 28.0 Å². The van der Waals surface area contributed by atoms with E-state index in [4.69, 9.17) is 0 Å². The van der Waals surface area contributed by atoms with E-state index >= 15 is 0 Å². The zero-order valence-corrected chi connectivity index (χ0v) is 25.8. The fourth-order valence-corrected chi connectivity index (χ4v) is 0. The molecule has 19 heavy (non-hydrogen) atoms. The fraction of sp³-hybridized carbons (Fsp3) is 1.00. The third kappa shape index (κ3) is 1130. The summed E-state index contributed by atoms with van der Waals surface area (Å²) in [7, 11) is 0.481. The van der Waals surface area contributed by atoms with Gasteiger partial charge >= 0.3 is 28.0 Å². The van der Waals surface area contributed by atoms with Gasteiger partial charge in [-0.15, -0.1) is 0 Å². The van der Waals surface area contributed by atoms with E-state index in [-0.39, 0.29) is 52.8 Å². The van der Waals surface area contributed by atoms with Gasteiger partial charge in [-0.25, -0.2) is 0 Å². The summed E-state index contributed by atoms with van der Waals surface area (Å²) in [4.78, 5) is 0. The van der Waals surface area contributed by atoms with Crippen LogP contribution in [0.15, 0.2) is 0 Å². The summed E-state index contributed by atoms with van der Waals surface area (Å²) in [5.74, 6) is 0. The summed E-state index contributed by atoms with van der Waals surface area (Å²) in [5, 5.41) is 0. The Bertz CT molecular complexity index is 78.1. The molecule has 0 unspecified atom stereocenters. The maximum atomic E-state index is 2.27. The van der Waals surface area contributed by atoms with Crippen molar-refractivity contribution >= 4 is 80.8 Å². The molecule has 0 N–H and O–H groups in total. The van der Waals surface area contributed by atoms with Gasteiger partial charge in [0.25, 0.3) is 0 Å². The quantitative estimate of drug-likeness (QED) is 0.426. The molecule has 0 atom stereocenters. The Morgan fingerprint density at radius 3 is 0.368 bits per heavy atom. The molecule has 0 saturated carbocycles.